The number of amides is 4. The topological polar surface area (TPSA) is 131 Å². The summed E-state index contributed by atoms with van der Waals surface area (Å²) in [6.45, 7) is 5.09. The molecule has 2 N–H and O–H groups in total. The number of hydrogen-bond acceptors (Lipinski definition) is 7. The minimum Gasteiger partial charge on any atom is -0.436 e. The van der Waals surface area contributed by atoms with Crippen molar-refractivity contribution in [3.8, 4) is 0 Å². The number of halogens is 1. The van der Waals surface area contributed by atoms with Crippen LogP contribution >= 0.6 is 0 Å². The van der Waals surface area contributed by atoms with Gasteiger partial charge in [0, 0.05) is 69.7 Å². The number of oxazole rings is 1. The van der Waals surface area contributed by atoms with E-state index in [-0.39, 0.29) is 30.2 Å². The van der Waals surface area contributed by atoms with Crippen molar-refractivity contribution in [3.05, 3.63) is 93.7 Å². The summed E-state index contributed by atoms with van der Waals surface area (Å²) in [6.07, 6.45) is 0.326. The van der Waals surface area contributed by atoms with Crippen LogP contribution in [0.4, 0.5) is 25.4 Å². The first-order valence-corrected chi connectivity index (χ1v) is 16.7. The smallest absolute Gasteiger partial charge is 0.417 e. The lowest BCUT2D eigenvalue weighted by molar-refractivity contribution is -0.141. The molecule has 1 aromatic heterocycles. The number of rotatable bonds is 6. The molecule has 4 amide bonds. The summed E-state index contributed by atoms with van der Waals surface area (Å²) in [7, 11) is 0. The Morgan fingerprint density at radius 1 is 0.939 bits per heavy atom. The van der Waals surface area contributed by atoms with Crippen LogP contribution in [0.5, 0.6) is 0 Å². The zero-order valence-corrected chi connectivity index (χ0v) is 27.3. The number of aromatic amines is 1. The molecule has 3 aliphatic rings. The highest BCUT2D eigenvalue weighted by molar-refractivity contribution is 5.91. The first kappa shape index (κ1) is 32.2. The van der Waals surface area contributed by atoms with Crippen molar-refractivity contribution < 1.29 is 27.9 Å². The molecule has 0 spiro atoms. The molecule has 2 saturated heterocycles. The Bertz CT molecular complexity index is 1910. The Balaban J connectivity index is 1.02. The summed E-state index contributed by atoms with van der Waals surface area (Å²) in [6, 6.07) is 17.4. The number of benzene rings is 3. The van der Waals surface area contributed by atoms with Crippen molar-refractivity contribution in [1.82, 2.24) is 19.7 Å². The summed E-state index contributed by atoms with van der Waals surface area (Å²) in [5.41, 5.74) is 5.21. The second kappa shape index (κ2) is 13.7. The van der Waals surface area contributed by atoms with Gasteiger partial charge in [-0.15, -0.1) is 0 Å². The van der Waals surface area contributed by atoms with Crippen LogP contribution in [0.2, 0.25) is 0 Å². The summed E-state index contributed by atoms with van der Waals surface area (Å²) >= 11 is 0. The maximum absolute atomic E-state index is 14.0. The van der Waals surface area contributed by atoms with Gasteiger partial charge in [0.15, 0.2) is 11.7 Å². The zero-order valence-electron chi connectivity index (χ0n) is 27.3. The number of piperidine rings is 1. The van der Waals surface area contributed by atoms with E-state index in [4.69, 9.17) is 9.15 Å². The highest BCUT2D eigenvalue weighted by atomic mass is 19.1. The van der Waals surface area contributed by atoms with E-state index in [0.717, 1.165) is 28.9 Å². The monoisotopic (exact) mass is 670 g/mol. The van der Waals surface area contributed by atoms with Gasteiger partial charge >= 0.3 is 17.9 Å². The molecule has 4 heterocycles. The van der Waals surface area contributed by atoms with Crippen LogP contribution < -0.4 is 16.0 Å². The van der Waals surface area contributed by atoms with Crippen LogP contribution in [-0.2, 0) is 22.4 Å². The van der Waals surface area contributed by atoms with Crippen LogP contribution in [0.15, 0.2) is 69.9 Å². The first-order valence-electron chi connectivity index (χ1n) is 16.7. The number of likely N-dealkylation sites (tertiary alicyclic amines) is 1. The minimum atomic E-state index is -1.11. The van der Waals surface area contributed by atoms with E-state index >= 15 is 0 Å². The van der Waals surface area contributed by atoms with Gasteiger partial charge < -0.3 is 34.1 Å². The number of nitrogens with one attached hydrogen (secondary N) is 2. The average Bonchev–Trinajstić information content (AvgIpc) is 3.40. The number of carbonyl (C=O) groups is 3. The third-order valence-corrected chi connectivity index (χ3v) is 9.82. The maximum Gasteiger partial charge on any atom is 0.417 e. The molecule has 0 radical (unpaired) electrons. The van der Waals surface area contributed by atoms with Crippen molar-refractivity contribution in [1.29, 1.82) is 0 Å². The molecule has 0 saturated carbocycles. The number of fused-ring (bicyclic) bond motifs is 2. The Morgan fingerprint density at radius 3 is 2.43 bits per heavy atom. The Labute approximate surface area is 282 Å². The quantitative estimate of drug-likeness (QED) is 0.309. The molecule has 3 aliphatic heterocycles. The van der Waals surface area contributed by atoms with Gasteiger partial charge in [0.25, 0.3) is 5.91 Å². The van der Waals surface area contributed by atoms with E-state index in [2.05, 4.69) is 15.2 Å². The van der Waals surface area contributed by atoms with Gasteiger partial charge in [-0.05, 0) is 79.3 Å². The highest BCUT2D eigenvalue weighted by Crippen LogP contribution is 2.26. The van der Waals surface area contributed by atoms with Gasteiger partial charge in [0.05, 0.1) is 5.52 Å². The maximum atomic E-state index is 14.0. The molecular formula is C36H39FN6O6. The lowest BCUT2D eigenvalue weighted by Crippen LogP contribution is -2.54. The number of aryl methyl sites for hydroxylation is 1. The standard InChI is InChI=1S/C36H39FN6O6/c1-23-20-24(21-30-32(23)39-35(46)48-30)22-31(33(44)41-18-16-40(17-19-41)27-8-6-26(37)7-9-27)49-36(47)42-13-11-28(12-14-42)43-15-10-25-4-2-3-5-29(25)38-34(43)45/h2-9,20-21,28,31H,10-19,22H2,1H3,(H,38,45)(H,39,46)/t31-/m1/s1. The number of carbonyl (C=O) groups excluding carboxylic acids is 3. The lowest BCUT2D eigenvalue weighted by Gasteiger charge is -2.39. The molecule has 0 bridgehead atoms. The van der Waals surface area contributed by atoms with Crippen molar-refractivity contribution in [2.45, 2.75) is 44.8 Å². The predicted octanol–water partition coefficient (Wildman–Crippen LogP) is 4.52. The third kappa shape index (κ3) is 6.96. The number of piperazine rings is 1. The third-order valence-electron chi connectivity index (χ3n) is 9.82. The summed E-state index contributed by atoms with van der Waals surface area (Å²) in [5, 5.41) is 3.02. The fourth-order valence-corrected chi connectivity index (χ4v) is 7.14. The molecule has 3 aromatic carbocycles. The molecule has 4 aromatic rings. The van der Waals surface area contributed by atoms with E-state index < -0.39 is 18.0 Å². The summed E-state index contributed by atoms with van der Waals surface area (Å²) in [5.74, 6) is -1.19. The predicted molar refractivity (Wildman–Crippen MR) is 181 cm³/mol. The van der Waals surface area contributed by atoms with E-state index in [9.17, 15) is 23.6 Å². The SMILES string of the molecule is Cc1cc(C[C@@H](OC(=O)N2CCC(N3CCc4ccccc4NC3=O)CC2)C(=O)N2CCN(c3ccc(F)cc3)CC2)cc2oc(=O)[nH]c12. The number of anilines is 2. The van der Waals surface area contributed by atoms with E-state index in [1.54, 1.807) is 28.0 Å². The van der Waals surface area contributed by atoms with Crippen LogP contribution in [0.3, 0.4) is 0 Å². The van der Waals surface area contributed by atoms with Crippen LogP contribution in [-0.4, -0.2) is 95.7 Å². The molecule has 2 fully saturated rings. The first-order chi connectivity index (χ1) is 23.7. The molecule has 12 nitrogen and oxygen atoms in total. The number of urea groups is 1. The summed E-state index contributed by atoms with van der Waals surface area (Å²) in [4.78, 5) is 62.5. The molecule has 49 heavy (non-hydrogen) atoms. The van der Waals surface area contributed by atoms with Crippen LogP contribution in [0.1, 0.15) is 29.5 Å². The summed E-state index contributed by atoms with van der Waals surface area (Å²) < 4.78 is 24.8. The second-order valence-electron chi connectivity index (χ2n) is 12.9. The van der Waals surface area contributed by atoms with E-state index in [1.807, 2.05) is 42.2 Å². The van der Waals surface area contributed by atoms with Crippen molar-refractivity contribution in [2.24, 2.45) is 0 Å². The fourth-order valence-electron chi connectivity index (χ4n) is 7.14. The van der Waals surface area contributed by atoms with Crippen molar-refractivity contribution in [3.63, 3.8) is 0 Å². The van der Waals surface area contributed by atoms with Gasteiger partial charge in [0.2, 0.25) is 0 Å². The Kier molecular flexibility index (Phi) is 8.98. The number of H-pyrrole nitrogens is 1. The van der Waals surface area contributed by atoms with Crippen molar-refractivity contribution >= 4 is 40.5 Å². The second-order valence-corrected chi connectivity index (χ2v) is 12.9. The Morgan fingerprint density at radius 2 is 1.67 bits per heavy atom. The Hall–Kier alpha value is -5.33. The molecule has 0 aliphatic carbocycles. The van der Waals surface area contributed by atoms with Gasteiger partial charge in [-0.3, -0.25) is 9.78 Å². The lowest BCUT2D eigenvalue weighted by atomic mass is 10.0. The van der Waals surface area contributed by atoms with Gasteiger partial charge in [-0.2, -0.15) is 0 Å². The highest BCUT2D eigenvalue weighted by Gasteiger charge is 2.35. The van der Waals surface area contributed by atoms with E-state index in [1.165, 1.54) is 12.1 Å². The van der Waals surface area contributed by atoms with E-state index in [0.29, 0.717) is 75.3 Å². The number of nitrogens with zero attached hydrogens (tertiary/aromatic N) is 4. The minimum absolute atomic E-state index is 0.0288. The van der Waals surface area contributed by atoms with Gasteiger partial charge in [-0.1, -0.05) is 24.3 Å². The molecule has 256 valence electrons. The average molecular weight is 671 g/mol. The number of hydrogen-bond donors (Lipinski definition) is 2. The molecular weight excluding hydrogens is 631 g/mol. The fraction of sp³-hybridized carbons (Fsp3) is 0.389. The molecule has 7 rings (SSSR count). The largest absolute Gasteiger partial charge is 0.436 e. The number of ether oxygens (including phenoxy) is 1. The molecule has 0 unspecified atom stereocenters. The number of para-hydroxylation sites is 1. The molecule has 1 atom stereocenters. The van der Waals surface area contributed by atoms with Gasteiger partial charge in [-0.25, -0.2) is 18.8 Å². The van der Waals surface area contributed by atoms with Crippen molar-refractivity contribution in [2.75, 3.05) is 56.0 Å². The normalized spacial score (nSPS) is 17.8. The van der Waals surface area contributed by atoms with Crippen LogP contribution in [0, 0.1) is 12.7 Å². The van der Waals surface area contributed by atoms with Gasteiger partial charge in [0.1, 0.15) is 5.82 Å². The molecule has 13 heteroatoms. The van der Waals surface area contributed by atoms with Crippen LogP contribution in [0.25, 0.3) is 11.1 Å². The number of aromatic nitrogens is 1. The zero-order chi connectivity index (χ0) is 34.1.